The number of rotatable bonds is 5. The first-order valence-electron chi connectivity index (χ1n) is 5.47. The van der Waals surface area contributed by atoms with Gasteiger partial charge in [0, 0.05) is 17.5 Å². The quantitative estimate of drug-likeness (QED) is 0.377. The molecule has 0 aliphatic carbocycles. The third-order valence-electron chi connectivity index (χ3n) is 2.34. The molecule has 0 radical (unpaired) electrons. The van der Waals surface area contributed by atoms with E-state index in [0.29, 0.717) is 0 Å². The van der Waals surface area contributed by atoms with Gasteiger partial charge < -0.3 is 15.4 Å². The third kappa shape index (κ3) is 5.66. The van der Waals surface area contributed by atoms with Crippen molar-refractivity contribution in [3.63, 3.8) is 0 Å². The molecule has 0 aliphatic rings. The van der Waals surface area contributed by atoms with Gasteiger partial charge in [0.1, 0.15) is 5.75 Å². The molecule has 21 heavy (non-hydrogen) atoms. The van der Waals surface area contributed by atoms with Crippen LogP contribution < -0.4 is 10.5 Å². The summed E-state index contributed by atoms with van der Waals surface area (Å²) in [5, 5.41) is 7.20. The van der Waals surface area contributed by atoms with Crippen LogP contribution in [-0.4, -0.2) is 30.0 Å². The maximum absolute atomic E-state index is 12.5. The predicted octanol–water partition coefficient (Wildman–Crippen LogP) is 3.23. The van der Waals surface area contributed by atoms with E-state index in [4.69, 9.17) is 11.1 Å². The summed E-state index contributed by atoms with van der Waals surface area (Å²) in [7, 11) is 1.35. The second-order valence-corrected chi connectivity index (χ2v) is 5.01. The SMILES string of the molecule is CN(Cc1c(OC(F)F)cccc1SC(F)(F)F)C(=N)N. The lowest BCUT2D eigenvalue weighted by Crippen LogP contribution is -2.32. The number of alkyl halides is 5. The lowest BCUT2D eigenvalue weighted by molar-refractivity contribution is -0.0508. The van der Waals surface area contributed by atoms with E-state index >= 15 is 0 Å². The number of nitrogens with one attached hydrogen (secondary N) is 1. The zero-order chi connectivity index (χ0) is 16.2. The minimum absolute atomic E-state index is 0.113. The molecule has 0 bridgehead atoms. The van der Waals surface area contributed by atoms with Crippen molar-refractivity contribution in [2.45, 2.75) is 23.6 Å². The zero-order valence-electron chi connectivity index (χ0n) is 10.7. The molecule has 0 heterocycles. The summed E-state index contributed by atoms with van der Waals surface area (Å²) >= 11 is -0.441. The fraction of sp³-hybridized carbons (Fsp3) is 0.364. The average Bonchev–Trinajstić information content (AvgIpc) is 2.30. The smallest absolute Gasteiger partial charge is 0.434 e. The lowest BCUT2D eigenvalue weighted by Gasteiger charge is -2.21. The van der Waals surface area contributed by atoms with Gasteiger partial charge in [-0.25, -0.2) is 0 Å². The molecular formula is C11H12F5N3OS. The Hall–Kier alpha value is -1.71. The van der Waals surface area contributed by atoms with Crippen molar-refractivity contribution >= 4 is 17.7 Å². The van der Waals surface area contributed by atoms with Crippen LogP contribution in [0, 0.1) is 5.41 Å². The molecule has 1 rings (SSSR count). The van der Waals surface area contributed by atoms with Crippen LogP contribution in [0.1, 0.15) is 5.56 Å². The van der Waals surface area contributed by atoms with Gasteiger partial charge in [0.25, 0.3) is 0 Å². The number of halogens is 5. The second-order valence-electron chi connectivity index (χ2n) is 3.90. The Bertz CT molecular complexity index is 509. The summed E-state index contributed by atoms with van der Waals surface area (Å²) in [6, 6.07) is 3.46. The highest BCUT2D eigenvalue weighted by atomic mass is 32.2. The molecule has 0 fully saturated rings. The molecule has 1 aromatic carbocycles. The lowest BCUT2D eigenvalue weighted by atomic mass is 10.2. The second kappa shape index (κ2) is 6.83. The molecule has 10 heteroatoms. The fourth-order valence-electron chi connectivity index (χ4n) is 1.45. The first-order valence-corrected chi connectivity index (χ1v) is 6.29. The van der Waals surface area contributed by atoms with Crippen LogP contribution in [0.15, 0.2) is 23.1 Å². The highest BCUT2D eigenvalue weighted by Crippen LogP contribution is 2.41. The molecule has 4 nitrogen and oxygen atoms in total. The van der Waals surface area contributed by atoms with Gasteiger partial charge in [-0.1, -0.05) is 6.07 Å². The number of benzene rings is 1. The predicted molar refractivity (Wildman–Crippen MR) is 68.4 cm³/mol. The van der Waals surface area contributed by atoms with Crippen LogP contribution in [0.5, 0.6) is 5.75 Å². The summed E-state index contributed by atoms with van der Waals surface area (Å²) in [5.41, 5.74) is 0.514. The molecule has 3 N–H and O–H groups in total. The average molecular weight is 329 g/mol. The summed E-state index contributed by atoms with van der Waals surface area (Å²) < 4.78 is 66.4. The Morgan fingerprint density at radius 3 is 2.52 bits per heavy atom. The fourth-order valence-corrected chi connectivity index (χ4v) is 2.13. The number of thioether (sulfide) groups is 1. The van der Waals surface area contributed by atoms with Crippen molar-refractivity contribution < 1.29 is 26.7 Å². The van der Waals surface area contributed by atoms with Crippen molar-refractivity contribution in [1.29, 1.82) is 5.41 Å². The summed E-state index contributed by atoms with van der Waals surface area (Å²) in [4.78, 5) is 0.822. The Labute approximate surface area is 121 Å². The maximum Gasteiger partial charge on any atom is 0.446 e. The first kappa shape index (κ1) is 17.3. The first-order chi connectivity index (χ1) is 9.60. The standard InChI is InChI=1S/C11H12F5N3OS/c1-19(10(17)18)5-6-7(20-9(12)13)3-2-4-8(6)21-11(14,15)16/h2-4,9H,5H2,1H3,(H3,17,18). The number of ether oxygens (including phenoxy) is 1. The van der Waals surface area contributed by atoms with Crippen LogP contribution in [0.4, 0.5) is 22.0 Å². The molecular weight excluding hydrogens is 317 g/mol. The molecule has 118 valence electrons. The van der Waals surface area contributed by atoms with Gasteiger partial charge >= 0.3 is 12.1 Å². The summed E-state index contributed by atoms with van der Waals surface area (Å²) in [6.07, 6.45) is 0. The monoisotopic (exact) mass is 329 g/mol. The van der Waals surface area contributed by atoms with Gasteiger partial charge in [-0.05, 0) is 23.9 Å². The largest absolute Gasteiger partial charge is 0.446 e. The van der Waals surface area contributed by atoms with Gasteiger partial charge in [0.05, 0.1) is 6.54 Å². The van der Waals surface area contributed by atoms with E-state index in [2.05, 4.69) is 4.74 Å². The molecule has 0 unspecified atom stereocenters. The molecule has 0 aliphatic heterocycles. The Balaban J connectivity index is 3.19. The van der Waals surface area contributed by atoms with Crippen LogP contribution >= 0.6 is 11.8 Å². The van der Waals surface area contributed by atoms with Crippen molar-refractivity contribution in [3.8, 4) is 5.75 Å². The van der Waals surface area contributed by atoms with E-state index < -0.39 is 29.8 Å². The molecule has 0 amide bonds. The normalized spacial score (nSPS) is 11.6. The van der Waals surface area contributed by atoms with E-state index in [1.807, 2.05) is 0 Å². The van der Waals surface area contributed by atoms with Crippen molar-refractivity contribution in [3.05, 3.63) is 23.8 Å². The highest BCUT2D eigenvalue weighted by Gasteiger charge is 2.31. The van der Waals surface area contributed by atoms with Crippen molar-refractivity contribution in [2.24, 2.45) is 5.73 Å². The van der Waals surface area contributed by atoms with E-state index in [1.165, 1.54) is 13.1 Å². The zero-order valence-corrected chi connectivity index (χ0v) is 11.6. The van der Waals surface area contributed by atoms with E-state index in [9.17, 15) is 22.0 Å². The Morgan fingerprint density at radius 2 is 2.05 bits per heavy atom. The van der Waals surface area contributed by atoms with Crippen molar-refractivity contribution in [1.82, 2.24) is 4.90 Å². The molecule has 1 aromatic rings. The number of guanidine groups is 1. The molecule has 0 saturated carbocycles. The molecule has 0 atom stereocenters. The number of nitrogens with two attached hydrogens (primary N) is 1. The molecule has 0 spiro atoms. The van der Waals surface area contributed by atoms with Gasteiger partial charge in [0.2, 0.25) is 0 Å². The topological polar surface area (TPSA) is 62.3 Å². The van der Waals surface area contributed by atoms with Gasteiger partial charge in [-0.2, -0.15) is 22.0 Å². The van der Waals surface area contributed by atoms with E-state index in [-0.39, 0.29) is 22.8 Å². The van der Waals surface area contributed by atoms with Gasteiger partial charge in [-0.3, -0.25) is 5.41 Å². The number of nitrogens with zero attached hydrogens (tertiary/aromatic N) is 1. The van der Waals surface area contributed by atoms with E-state index in [0.717, 1.165) is 17.0 Å². The van der Waals surface area contributed by atoms with Crippen LogP contribution in [0.25, 0.3) is 0 Å². The van der Waals surface area contributed by atoms with Gasteiger partial charge in [0.15, 0.2) is 5.96 Å². The maximum atomic E-state index is 12.5. The van der Waals surface area contributed by atoms with Crippen LogP contribution in [0.2, 0.25) is 0 Å². The highest BCUT2D eigenvalue weighted by molar-refractivity contribution is 8.00. The van der Waals surface area contributed by atoms with Crippen molar-refractivity contribution in [2.75, 3.05) is 7.05 Å². The Morgan fingerprint density at radius 1 is 1.43 bits per heavy atom. The molecule has 0 saturated heterocycles. The minimum Gasteiger partial charge on any atom is -0.434 e. The summed E-state index contributed by atoms with van der Waals surface area (Å²) in [5.74, 6) is -0.794. The van der Waals surface area contributed by atoms with Gasteiger partial charge in [-0.15, -0.1) is 0 Å². The Kier molecular flexibility index (Phi) is 5.64. The third-order valence-corrected chi connectivity index (χ3v) is 3.17. The minimum atomic E-state index is -4.58. The molecule has 0 aromatic heterocycles. The van der Waals surface area contributed by atoms with Crippen LogP contribution in [-0.2, 0) is 6.54 Å². The van der Waals surface area contributed by atoms with E-state index in [1.54, 1.807) is 0 Å². The number of hydrogen-bond donors (Lipinski definition) is 2. The number of hydrogen-bond acceptors (Lipinski definition) is 3. The van der Waals surface area contributed by atoms with Crippen LogP contribution in [0.3, 0.4) is 0 Å². The summed E-state index contributed by atoms with van der Waals surface area (Å²) in [6.45, 7) is -3.44.